The Labute approximate surface area is 156 Å². The summed E-state index contributed by atoms with van der Waals surface area (Å²) in [5.74, 6) is 0.316. The first-order valence-electron chi connectivity index (χ1n) is 8.64. The maximum Gasteiger partial charge on any atom is 0.270 e. The topological polar surface area (TPSA) is 84.3 Å². The minimum Gasteiger partial charge on any atom is -0.352 e. The lowest BCUT2D eigenvalue weighted by molar-refractivity contribution is -0.384. The van der Waals surface area contributed by atoms with E-state index in [2.05, 4.69) is 10.6 Å². The number of carbonyl (C=O) groups excluding carboxylic acids is 1. The van der Waals surface area contributed by atoms with Gasteiger partial charge in [-0.15, -0.1) is 0 Å². The number of hydrogen-bond acceptors (Lipinski definition) is 5. The van der Waals surface area contributed by atoms with Crippen LogP contribution in [0, 0.1) is 16.0 Å². The van der Waals surface area contributed by atoms with Gasteiger partial charge in [0.25, 0.3) is 11.6 Å². The fraction of sp³-hybridized carbons (Fsp3) is 0.316. The third kappa shape index (κ3) is 4.83. The molecule has 1 saturated heterocycles. The van der Waals surface area contributed by atoms with Crippen LogP contribution >= 0.6 is 11.8 Å². The van der Waals surface area contributed by atoms with Crippen molar-refractivity contribution in [1.29, 1.82) is 0 Å². The SMILES string of the molecule is O=C(NCCC1CCNC1)c1cc([N+](=O)[O-])ccc1Sc1ccccc1. The van der Waals surface area contributed by atoms with Crippen molar-refractivity contribution in [2.45, 2.75) is 22.6 Å². The Morgan fingerprint density at radius 3 is 2.77 bits per heavy atom. The molecule has 7 heteroatoms. The van der Waals surface area contributed by atoms with E-state index in [9.17, 15) is 14.9 Å². The second-order valence-corrected chi connectivity index (χ2v) is 7.37. The molecular weight excluding hydrogens is 350 g/mol. The van der Waals surface area contributed by atoms with Gasteiger partial charge in [-0.1, -0.05) is 30.0 Å². The maximum absolute atomic E-state index is 12.6. The van der Waals surface area contributed by atoms with Gasteiger partial charge in [0, 0.05) is 28.5 Å². The highest BCUT2D eigenvalue weighted by atomic mass is 32.2. The Hall–Kier alpha value is -2.38. The molecule has 2 N–H and O–H groups in total. The molecular formula is C19H21N3O3S. The lowest BCUT2D eigenvalue weighted by Crippen LogP contribution is -2.27. The molecule has 1 fully saturated rings. The molecule has 1 atom stereocenters. The van der Waals surface area contributed by atoms with Gasteiger partial charge in [0.15, 0.2) is 0 Å². The molecule has 2 aromatic rings. The molecule has 0 bridgehead atoms. The van der Waals surface area contributed by atoms with Crippen LogP contribution in [0.15, 0.2) is 58.3 Å². The molecule has 1 unspecified atom stereocenters. The van der Waals surface area contributed by atoms with Gasteiger partial charge in [0.05, 0.1) is 10.5 Å². The molecule has 0 saturated carbocycles. The summed E-state index contributed by atoms with van der Waals surface area (Å²) >= 11 is 1.43. The van der Waals surface area contributed by atoms with E-state index in [4.69, 9.17) is 0 Å². The minimum absolute atomic E-state index is 0.0763. The summed E-state index contributed by atoms with van der Waals surface area (Å²) < 4.78 is 0. The maximum atomic E-state index is 12.6. The van der Waals surface area contributed by atoms with Gasteiger partial charge >= 0.3 is 0 Å². The highest BCUT2D eigenvalue weighted by Gasteiger charge is 2.19. The van der Waals surface area contributed by atoms with Crippen LogP contribution in [0.3, 0.4) is 0 Å². The average molecular weight is 371 g/mol. The zero-order valence-corrected chi connectivity index (χ0v) is 15.1. The van der Waals surface area contributed by atoms with Crippen molar-refractivity contribution in [3.63, 3.8) is 0 Å². The minimum atomic E-state index is -0.474. The molecule has 26 heavy (non-hydrogen) atoms. The van der Waals surface area contributed by atoms with Crippen LogP contribution in [-0.4, -0.2) is 30.5 Å². The second kappa shape index (κ2) is 8.82. The quantitative estimate of drug-likeness (QED) is 0.575. The van der Waals surface area contributed by atoms with Gasteiger partial charge in [0.2, 0.25) is 0 Å². The first-order valence-corrected chi connectivity index (χ1v) is 9.45. The molecule has 1 amide bonds. The zero-order valence-electron chi connectivity index (χ0n) is 14.3. The standard InChI is InChI=1S/C19H21N3O3S/c23-19(21-11-9-14-8-10-20-13-14)17-12-15(22(24)25)6-7-18(17)26-16-4-2-1-3-5-16/h1-7,12,14,20H,8-11,13H2,(H,21,23). The number of benzene rings is 2. The molecule has 6 nitrogen and oxygen atoms in total. The number of nitrogens with zero attached hydrogens (tertiary/aromatic N) is 1. The van der Waals surface area contributed by atoms with E-state index in [1.54, 1.807) is 6.07 Å². The molecule has 2 aromatic carbocycles. The van der Waals surface area contributed by atoms with Gasteiger partial charge in [-0.2, -0.15) is 0 Å². The summed E-state index contributed by atoms with van der Waals surface area (Å²) in [6, 6.07) is 14.1. The predicted octanol–water partition coefficient (Wildman–Crippen LogP) is 3.48. The number of carbonyl (C=O) groups is 1. The second-order valence-electron chi connectivity index (χ2n) is 6.26. The molecule has 0 aliphatic carbocycles. The Balaban J connectivity index is 1.74. The summed E-state index contributed by atoms with van der Waals surface area (Å²) in [7, 11) is 0. The highest BCUT2D eigenvalue weighted by molar-refractivity contribution is 7.99. The Morgan fingerprint density at radius 2 is 2.08 bits per heavy atom. The zero-order chi connectivity index (χ0) is 18.4. The molecule has 0 aromatic heterocycles. The molecule has 0 spiro atoms. The third-order valence-electron chi connectivity index (χ3n) is 4.39. The van der Waals surface area contributed by atoms with E-state index in [0.29, 0.717) is 22.9 Å². The smallest absolute Gasteiger partial charge is 0.270 e. The van der Waals surface area contributed by atoms with Gasteiger partial charge in [-0.05, 0) is 50.0 Å². The van der Waals surface area contributed by atoms with Crippen LogP contribution < -0.4 is 10.6 Å². The van der Waals surface area contributed by atoms with Crippen molar-refractivity contribution in [2.24, 2.45) is 5.92 Å². The van der Waals surface area contributed by atoms with E-state index in [1.807, 2.05) is 30.3 Å². The first-order chi connectivity index (χ1) is 12.6. The Bertz CT molecular complexity index is 777. The molecule has 0 radical (unpaired) electrons. The lowest BCUT2D eigenvalue weighted by Gasteiger charge is -2.12. The highest BCUT2D eigenvalue weighted by Crippen LogP contribution is 2.32. The van der Waals surface area contributed by atoms with E-state index in [-0.39, 0.29) is 11.6 Å². The lowest BCUT2D eigenvalue weighted by atomic mass is 10.1. The summed E-state index contributed by atoms with van der Waals surface area (Å²) in [5, 5.41) is 17.3. The van der Waals surface area contributed by atoms with Crippen molar-refractivity contribution in [2.75, 3.05) is 19.6 Å². The van der Waals surface area contributed by atoms with Crippen LogP contribution in [0.1, 0.15) is 23.2 Å². The van der Waals surface area contributed by atoms with E-state index < -0.39 is 4.92 Å². The number of hydrogen-bond donors (Lipinski definition) is 2. The van der Waals surface area contributed by atoms with Crippen molar-refractivity contribution < 1.29 is 9.72 Å². The summed E-state index contributed by atoms with van der Waals surface area (Å²) in [6.45, 7) is 2.59. The van der Waals surface area contributed by atoms with Crippen molar-refractivity contribution >= 4 is 23.4 Å². The number of nitro benzene ring substituents is 1. The van der Waals surface area contributed by atoms with E-state index in [0.717, 1.165) is 30.8 Å². The van der Waals surface area contributed by atoms with Crippen molar-refractivity contribution in [3.05, 3.63) is 64.2 Å². The van der Waals surface area contributed by atoms with Crippen molar-refractivity contribution in [3.8, 4) is 0 Å². The molecule has 3 rings (SSSR count). The fourth-order valence-corrected chi connectivity index (χ4v) is 3.90. The summed E-state index contributed by atoms with van der Waals surface area (Å²) in [6.07, 6.45) is 2.04. The van der Waals surface area contributed by atoms with Gasteiger partial charge in [0.1, 0.15) is 0 Å². The number of amides is 1. The van der Waals surface area contributed by atoms with Crippen LogP contribution in [0.25, 0.3) is 0 Å². The largest absolute Gasteiger partial charge is 0.352 e. The van der Waals surface area contributed by atoms with Crippen LogP contribution in [0.4, 0.5) is 5.69 Å². The summed E-state index contributed by atoms with van der Waals surface area (Å²) in [4.78, 5) is 24.9. The average Bonchev–Trinajstić information content (AvgIpc) is 3.16. The normalized spacial score (nSPS) is 16.4. The molecule has 136 valence electrons. The van der Waals surface area contributed by atoms with Gasteiger partial charge in [-0.25, -0.2) is 0 Å². The van der Waals surface area contributed by atoms with Crippen LogP contribution in [0.5, 0.6) is 0 Å². The van der Waals surface area contributed by atoms with Crippen LogP contribution in [-0.2, 0) is 0 Å². The number of non-ortho nitro benzene ring substituents is 1. The Kier molecular flexibility index (Phi) is 6.25. The van der Waals surface area contributed by atoms with E-state index >= 15 is 0 Å². The molecule has 1 heterocycles. The monoisotopic (exact) mass is 371 g/mol. The van der Waals surface area contributed by atoms with Crippen molar-refractivity contribution in [1.82, 2.24) is 10.6 Å². The number of nitrogens with one attached hydrogen (secondary N) is 2. The number of rotatable bonds is 7. The molecule has 1 aliphatic rings. The predicted molar refractivity (Wildman–Crippen MR) is 102 cm³/mol. The van der Waals surface area contributed by atoms with Gasteiger partial charge < -0.3 is 10.6 Å². The van der Waals surface area contributed by atoms with E-state index in [1.165, 1.54) is 23.9 Å². The Morgan fingerprint density at radius 1 is 1.27 bits per heavy atom. The first kappa shape index (κ1) is 18.4. The fourth-order valence-electron chi connectivity index (χ4n) is 2.96. The van der Waals surface area contributed by atoms with Crippen LogP contribution in [0.2, 0.25) is 0 Å². The number of nitro groups is 1. The van der Waals surface area contributed by atoms with Gasteiger partial charge in [-0.3, -0.25) is 14.9 Å². The molecule has 1 aliphatic heterocycles. The third-order valence-corrected chi connectivity index (χ3v) is 5.47. The summed E-state index contributed by atoms with van der Waals surface area (Å²) in [5.41, 5.74) is 0.269.